The molecule has 0 aromatic rings. The van der Waals surface area contributed by atoms with Gasteiger partial charge in [-0.2, -0.15) is 0 Å². The summed E-state index contributed by atoms with van der Waals surface area (Å²) in [5, 5.41) is 31.6. The van der Waals surface area contributed by atoms with Gasteiger partial charge in [0.1, 0.15) is 6.17 Å². The predicted octanol–water partition coefficient (Wildman–Crippen LogP) is 7.45. The molecule has 0 saturated heterocycles. The van der Waals surface area contributed by atoms with Gasteiger partial charge >= 0.3 is 0 Å². The van der Waals surface area contributed by atoms with Crippen LogP contribution in [0.2, 0.25) is 0 Å². The van der Waals surface area contributed by atoms with E-state index in [-0.39, 0.29) is 24.0 Å². The number of rotatable bonds is 13. The second-order valence-electron chi connectivity index (χ2n) is 14.1. The Balaban J connectivity index is 1.78. The van der Waals surface area contributed by atoms with Gasteiger partial charge in [-0.05, 0) is 113 Å². The van der Waals surface area contributed by atoms with E-state index in [1.54, 1.807) is 0 Å². The van der Waals surface area contributed by atoms with Crippen LogP contribution in [0.5, 0.6) is 0 Å². The van der Waals surface area contributed by atoms with E-state index in [0.29, 0.717) is 48.9 Å². The van der Waals surface area contributed by atoms with Crippen molar-refractivity contribution in [1.82, 2.24) is 0 Å². The van der Waals surface area contributed by atoms with Crippen LogP contribution in [0.25, 0.3) is 0 Å². The summed E-state index contributed by atoms with van der Waals surface area (Å²) in [6.45, 7) is 11.9. The normalized spacial score (nSPS) is 34.5. The summed E-state index contributed by atoms with van der Waals surface area (Å²) in [6, 6.07) is 0. The van der Waals surface area contributed by atoms with Crippen molar-refractivity contribution in [3.63, 3.8) is 0 Å². The monoisotopic (exact) mass is 538 g/mol. The number of aliphatic hydroxyl groups excluding tert-OH is 2. The zero-order chi connectivity index (χ0) is 27.8. The van der Waals surface area contributed by atoms with Crippen molar-refractivity contribution in [1.29, 1.82) is 0 Å². The number of ether oxygens (including phenoxy) is 1. The van der Waals surface area contributed by atoms with Gasteiger partial charge in [-0.15, -0.1) is 0 Å². The van der Waals surface area contributed by atoms with E-state index in [4.69, 9.17) is 4.74 Å². The van der Waals surface area contributed by atoms with Gasteiger partial charge in [0, 0.05) is 12.5 Å². The van der Waals surface area contributed by atoms with Crippen LogP contribution in [0.1, 0.15) is 118 Å². The summed E-state index contributed by atoms with van der Waals surface area (Å²) in [7, 11) is 0. The molecule has 0 heterocycles. The lowest BCUT2D eigenvalue weighted by Crippen LogP contribution is -2.38. The van der Waals surface area contributed by atoms with Crippen LogP contribution in [-0.2, 0) is 4.74 Å². The Labute approximate surface area is 232 Å². The SMILES string of the molecule is CC(C)CC(CCOC(C)C)C1CC=C(C2CC(F)CCC2C(O)O)CC1CC(O)CC1CCC(C)CC1. The molecule has 0 radical (unpaired) electrons. The highest BCUT2D eigenvalue weighted by molar-refractivity contribution is 5.16. The van der Waals surface area contributed by atoms with E-state index in [1.807, 2.05) is 0 Å². The smallest absolute Gasteiger partial charge is 0.154 e. The largest absolute Gasteiger partial charge is 0.393 e. The Morgan fingerprint density at radius 1 is 0.947 bits per heavy atom. The van der Waals surface area contributed by atoms with Crippen LogP contribution >= 0.6 is 0 Å². The molecule has 0 aromatic heterocycles. The molecule has 3 aliphatic rings. The lowest BCUT2D eigenvalue weighted by molar-refractivity contribution is -0.111. The molecule has 3 N–H and O–H groups in total. The summed E-state index contributed by atoms with van der Waals surface area (Å²) in [5.74, 6) is 2.99. The minimum atomic E-state index is -1.40. The molecule has 0 amide bonds. The average Bonchev–Trinajstić information content (AvgIpc) is 2.84. The molecule has 7 unspecified atom stereocenters. The molecule has 0 aromatic carbocycles. The van der Waals surface area contributed by atoms with Crippen LogP contribution in [0.15, 0.2) is 11.6 Å². The molecule has 7 atom stereocenters. The first-order valence-corrected chi connectivity index (χ1v) is 16.0. The lowest BCUT2D eigenvalue weighted by atomic mass is 9.63. The Morgan fingerprint density at radius 2 is 1.66 bits per heavy atom. The van der Waals surface area contributed by atoms with Crippen LogP contribution in [0.4, 0.5) is 4.39 Å². The number of hydrogen-bond donors (Lipinski definition) is 3. The van der Waals surface area contributed by atoms with E-state index < -0.39 is 12.5 Å². The molecule has 3 rings (SSSR count). The van der Waals surface area contributed by atoms with Crippen molar-refractivity contribution in [2.75, 3.05) is 6.61 Å². The van der Waals surface area contributed by atoms with Crippen molar-refractivity contribution in [3.8, 4) is 0 Å². The van der Waals surface area contributed by atoms with Crippen molar-refractivity contribution in [2.45, 2.75) is 143 Å². The van der Waals surface area contributed by atoms with Gasteiger partial charge in [0.2, 0.25) is 0 Å². The molecule has 38 heavy (non-hydrogen) atoms. The Hall–Kier alpha value is -0.490. The van der Waals surface area contributed by atoms with E-state index in [1.165, 1.54) is 31.3 Å². The Morgan fingerprint density at radius 3 is 2.29 bits per heavy atom. The molecule has 2 saturated carbocycles. The van der Waals surface area contributed by atoms with Crippen molar-refractivity contribution >= 4 is 0 Å². The standard InChI is InChI=1S/C33H59FO4/c1-21(2)16-26(14-15-38-22(3)4)30-12-10-25(32-20-28(34)11-13-31(32)33(36)37)18-27(30)19-29(35)17-24-8-6-23(5)7-9-24/h10,21-24,26-33,35-37H,6-9,11-20H2,1-5H3. The highest BCUT2D eigenvalue weighted by Crippen LogP contribution is 2.48. The summed E-state index contributed by atoms with van der Waals surface area (Å²) < 4.78 is 20.5. The van der Waals surface area contributed by atoms with Gasteiger partial charge in [0.25, 0.3) is 0 Å². The minimum Gasteiger partial charge on any atom is -0.393 e. The van der Waals surface area contributed by atoms with Crippen LogP contribution in [-0.4, -0.2) is 46.6 Å². The van der Waals surface area contributed by atoms with E-state index >= 15 is 0 Å². The second kappa shape index (κ2) is 15.5. The van der Waals surface area contributed by atoms with Crippen molar-refractivity contribution in [2.24, 2.45) is 47.3 Å². The number of alkyl halides is 1. The van der Waals surface area contributed by atoms with E-state index in [2.05, 4.69) is 40.7 Å². The zero-order valence-corrected chi connectivity index (χ0v) is 25.0. The van der Waals surface area contributed by atoms with Gasteiger partial charge in [0.15, 0.2) is 6.29 Å². The highest BCUT2D eigenvalue weighted by atomic mass is 19.1. The molecule has 0 bridgehead atoms. The average molecular weight is 539 g/mol. The predicted molar refractivity (Wildman–Crippen MR) is 153 cm³/mol. The molecular formula is C33H59FO4. The molecule has 0 spiro atoms. The molecule has 222 valence electrons. The topological polar surface area (TPSA) is 69.9 Å². The van der Waals surface area contributed by atoms with Crippen molar-refractivity contribution < 1.29 is 24.4 Å². The fraction of sp³-hybridized carbons (Fsp3) is 0.939. The van der Waals surface area contributed by atoms with Crippen LogP contribution in [0, 0.1) is 47.3 Å². The molecule has 5 heteroatoms. The molecule has 3 aliphatic carbocycles. The third kappa shape index (κ3) is 9.85. The maximum atomic E-state index is 14.5. The number of hydrogen-bond acceptors (Lipinski definition) is 4. The second-order valence-corrected chi connectivity index (χ2v) is 14.1. The molecular weight excluding hydrogens is 479 g/mol. The van der Waals surface area contributed by atoms with Gasteiger partial charge < -0.3 is 20.1 Å². The number of halogens is 1. The summed E-state index contributed by atoms with van der Waals surface area (Å²) in [6.07, 6.45) is 12.0. The fourth-order valence-electron chi connectivity index (χ4n) is 8.04. The third-order valence-electron chi connectivity index (χ3n) is 10.1. The van der Waals surface area contributed by atoms with Crippen LogP contribution < -0.4 is 0 Å². The maximum Gasteiger partial charge on any atom is 0.154 e. The minimum absolute atomic E-state index is 0.105. The Kier molecular flexibility index (Phi) is 13.1. The summed E-state index contributed by atoms with van der Waals surface area (Å²) in [4.78, 5) is 0. The molecule has 0 aliphatic heterocycles. The first kappa shape index (κ1) is 32.0. The van der Waals surface area contributed by atoms with Crippen LogP contribution in [0.3, 0.4) is 0 Å². The molecule has 4 nitrogen and oxygen atoms in total. The summed E-state index contributed by atoms with van der Waals surface area (Å²) >= 11 is 0. The number of allylic oxidation sites excluding steroid dienone is 2. The zero-order valence-electron chi connectivity index (χ0n) is 25.0. The van der Waals surface area contributed by atoms with E-state index in [9.17, 15) is 19.7 Å². The van der Waals surface area contributed by atoms with E-state index in [0.717, 1.165) is 51.0 Å². The Bertz CT molecular complexity index is 699. The maximum absolute atomic E-state index is 14.5. The van der Waals surface area contributed by atoms with Gasteiger partial charge in [-0.3, -0.25) is 0 Å². The summed E-state index contributed by atoms with van der Waals surface area (Å²) in [5.41, 5.74) is 1.21. The molecule has 2 fully saturated rings. The highest BCUT2D eigenvalue weighted by Gasteiger charge is 2.41. The quantitative estimate of drug-likeness (QED) is 0.168. The van der Waals surface area contributed by atoms with Crippen molar-refractivity contribution in [3.05, 3.63) is 11.6 Å². The third-order valence-corrected chi connectivity index (χ3v) is 10.1. The number of aliphatic hydroxyl groups is 3. The fourth-order valence-corrected chi connectivity index (χ4v) is 8.04. The van der Waals surface area contributed by atoms with Gasteiger partial charge in [0.05, 0.1) is 12.2 Å². The van der Waals surface area contributed by atoms with Gasteiger partial charge in [-0.25, -0.2) is 4.39 Å². The first-order valence-electron chi connectivity index (χ1n) is 16.0. The lowest BCUT2D eigenvalue weighted by Gasteiger charge is -2.43. The first-order chi connectivity index (χ1) is 18.0. The van der Waals surface area contributed by atoms with Gasteiger partial charge in [-0.1, -0.05) is 58.1 Å².